The minimum absolute atomic E-state index is 0.0194. The van der Waals surface area contributed by atoms with Crippen molar-refractivity contribution in [3.63, 3.8) is 0 Å². The average Bonchev–Trinajstić information content (AvgIpc) is 3.25. The molecule has 2 heterocycles. The van der Waals surface area contributed by atoms with E-state index in [4.69, 9.17) is 9.47 Å². The molecule has 4 rings (SSSR count). The number of fused-ring (bicyclic) bond motifs is 1. The topological polar surface area (TPSA) is 86.9 Å². The molecule has 176 valence electrons. The summed E-state index contributed by atoms with van der Waals surface area (Å²) in [7, 11) is 3.03. The molecule has 11 heteroatoms. The van der Waals surface area contributed by atoms with Crippen LogP contribution in [-0.4, -0.2) is 34.3 Å². The molecule has 0 radical (unpaired) electrons. The number of carbonyl (C=O) groups is 1. The Hall–Kier alpha value is -4.28. The van der Waals surface area contributed by atoms with Gasteiger partial charge in [0.25, 0.3) is 5.56 Å². The van der Waals surface area contributed by atoms with E-state index in [9.17, 15) is 22.8 Å². The molecule has 34 heavy (non-hydrogen) atoms. The van der Waals surface area contributed by atoms with Crippen LogP contribution in [0, 0.1) is 0 Å². The third kappa shape index (κ3) is 4.58. The van der Waals surface area contributed by atoms with Crippen LogP contribution in [0.3, 0.4) is 0 Å². The molecule has 0 saturated carbocycles. The Morgan fingerprint density at radius 2 is 1.79 bits per heavy atom. The Morgan fingerprint density at radius 1 is 1.03 bits per heavy atom. The fourth-order valence-corrected chi connectivity index (χ4v) is 3.42. The van der Waals surface area contributed by atoms with Crippen molar-refractivity contribution in [2.24, 2.45) is 0 Å². The lowest BCUT2D eigenvalue weighted by Gasteiger charge is -2.10. The Morgan fingerprint density at radius 3 is 2.50 bits per heavy atom. The number of aromatic nitrogens is 3. The zero-order chi connectivity index (χ0) is 24.5. The van der Waals surface area contributed by atoms with Crippen LogP contribution in [0.1, 0.15) is 5.56 Å². The fraction of sp³-hybridized carbons (Fsp3) is 0.174. The van der Waals surface area contributed by atoms with Gasteiger partial charge in [-0.3, -0.25) is 9.59 Å². The second-order valence-corrected chi connectivity index (χ2v) is 7.29. The zero-order valence-electron chi connectivity index (χ0n) is 18.1. The predicted molar refractivity (Wildman–Crippen MR) is 118 cm³/mol. The predicted octanol–water partition coefficient (Wildman–Crippen LogP) is 3.84. The molecule has 2 aromatic heterocycles. The molecule has 0 spiro atoms. The van der Waals surface area contributed by atoms with E-state index in [-0.39, 0.29) is 17.7 Å². The molecule has 8 nitrogen and oxygen atoms in total. The summed E-state index contributed by atoms with van der Waals surface area (Å²) < 4.78 is 51.7. The Balaban J connectivity index is 1.58. The number of hydrogen-bond acceptors (Lipinski definition) is 5. The first-order valence-corrected chi connectivity index (χ1v) is 9.98. The monoisotopic (exact) mass is 472 g/mol. The molecule has 0 bridgehead atoms. The van der Waals surface area contributed by atoms with E-state index in [1.165, 1.54) is 43.3 Å². The van der Waals surface area contributed by atoms with Crippen molar-refractivity contribution in [1.29, 1.82) is 0 Å². The van der Waals surface area contributed by atoms with E-state index in [0.29, 0.717) is 22.8 Å². The molecule has 0 saturated heterocycles. The van der Waals surface area contributed by atoms with Crippen molar-refractivity contribution in [3.05, 3.63) is 76.8 Å². The Kier molecular flexibility index (Phi) is 6.01. The van der Waals surface area contributed by atoms with Crippen LogP contribution in [-0.2, 0) is 17.5 Å². The lowest BCUT2D eigenvalue weighted by Crippen LogP contribution is -2.28. The van der Waals surface area contributed by atoms with Crippen LogP contribution in [0.4, 0.5) is 18.9 Å². The molecule has 0 fully saturated rings. The van der Waals surface area contributed by atoms with Crippen molar-refractivity contribution in [1.82, 2.24) is 14.2 Å². The smallest absolute Gasteiger partial charge is 0.416 e. The number of benzene rings is 2. The van der Waals surface area contributed by atoms with E-state index in [1.54, 1.807) is 24.3 Å². The summed E-state index contributed by atoms with van der Waals surface area (Å²) in [5.41, 5.74) is 0.0266. The van der Waals surface area contributed by atoms with Gasteiger partial charge in [0.15, 0.2) is 11.5 Å². The van der Waals surface area contributed by atoms with Gasteiger partial charge < -0.3 is 19.4 Å². The van der Waals surface area contributed by atoms with Crippen LogP contribution in [0.2, 0.25) is 0 Å². The molecule has 1 N–H and O–H groups in total. The molecule has 2 aromatic carbocycles. The number of carbonyl (C=O) groups excluding carboxylic acids is 1. The lowest BCUT2D eigenvalue weighted by molar-refractivity contribution is -0.137. The van der Waals surface area contributed by atoms with Gasteiger partial charge in [-0.15, -0.1) is 0 Å². The highest BCUT2D eigenvalue weighted by Crippen LogP contribution is 2.32. The third-order valence-corrected chi connectivity index (χ3v) is 5.07. The minimum Gasteiger partial charge on any atom is -0.493 e. The Labute approximate surface area is 191 Å². The summed E-state index contributed by atoms with van der Waals surface area (Å²) >= 11 is 0. The number of ether oxygens (including phenoxy) is 2. The number of anilines is 1. The summed E-state index contributed by atoms with van der Waals surface area (Å²) in [6, 6.07) is 11.1. The zero-order valence-corrected chi connectivity index (χ0v) is 18.1. The number of methoxy groups -OCH3 is 2. The largest absolute Gasteiger partial charge is 0.493 e. The van der Waals surface area contributed by atoms with Crippen LogP contribution < -0.4 is 20.3 Å². The summed E-state index contributed by atoms with van der Waals surface area (Å²) in [6.07, 6.45) is -1.64. The van der Waals surface area contributed by atoms with Gasteiger partial charge in [-0.1, -0.05) is 6.07 Å². The van der Waals surface area contributed by atoms with Crippen molar-refractivity contribution in [3.8, 4) is 22.8 Å². The third-order valence-electron chi connectivity index (χ3n) is 5.07. The van der Waals surface area contributed by atoms with Crippen LogP contribution in [0.5, 0.6) is 11.5 Å². The normalized spacial score (nSPS) is 11.4. The number of halogens is 3. The number of hydrogen-bond donors (Lipinski definition) is 1. The molecule has 0 aliphatic rings. The number of nitrogens with one attached hydrogen (secondary N) is 1. The maximum atomic E-state index is 12.9. The fourth-order valence-electron chi connectivity index (χ4n) is 3.42. The van der Waals surface area contributed by atoms with Crippen molar-refractivity contribution >= 4 is 17.1 Å². The van der Waals surface area contributed by atoms with Gasteiger partial charge in [0.05, 0.1) is 25.5 Å². The highest BCUT2D eigenvalue weighted by molar-refractivity contribution is 5.90. The number of amides is 1. The number of rotatable bonds is 6. The van der Waals surface area contributed by atoms with Crippen molar-refractivity contribution < 1.29 is 27.4 Å². The average molecular weight is 472 g/mol. The van der Waals surface area contributed by atoms with Gasteiger partial charge >= 0.3 is 6.18 Å². The number of alkyl halides is 3. The molecule has 1 amide bonds. The SMILES string of the molecule is COc1ccc(-c2cc3c(=O)n(CC(=O)Nc4cccc(C(F)(F)F)c4)ccn3n2)cc1OC. The molecule has 0 unspecified atom stereocenters. The molecule has 4 aromatic rings. The van der Waals surface area contributed by atoms with Gasteiger partial charge in [-0.25, -0.2) is 4.52 Å². The van der Waals surface area contributed by atoms with Gasteiger partial charge in [0, 0.05) is 23.6 Å². The van der Waals surface area contributed by atoms with E-state index < -0.39 is 23.2 Å². The quantitative estimate of drug-likeness (QED) is 0.461. The molecular weight excluding hydrogens is 453 g/mol. The standard InChI is InChI=1S/C23H19F3N4O4/c1-33-19-7-6-14(10-20(19)34-2)17-12-18-22(32)29(8-9-30(18)28-17)13-21(31)27-16-5-3-4-15(11-16)23(24,25)26/h3-12H,13H2,1-2H3,(H,27,31). The highest BCUT2D eigenvalue weighted by atomic mass is 19.4. The summed E-state index contributed by atoms with van der Waals surface area (Å²) in [6.45, 7) is -0.386. The maximum Gasteiger partial charge on any atom is 0.416 e. The summed E-state index contributed by atoms with van der Waals surface area (Å²) in [4.78, 5) is 25.3. The summed E-state index contributed by atoms with van der Waals surface area (Å²) in [5, 5.41) is 6.78. The Bertz CT molecular complexity index is 1430. The van der Waals surface area contributed by atoms with Gasteiger partial charge in [-0.05, 0) is 42.5 Å². The van der Waals surface area contributed by atoms with E-state index in [0.717, 1.165) is 16.7 Å². The highest BCUT2D eigenvalue weighted by Gasteiger charge is 2.30. The molecular formula is C23H19F3N4O4. The van der Waals surface area contributed by atoms with E-state index in [2.05, 4.69) is 10.4 Å². The molecule has 0 atom stereocenters. The lowest BCUT2D eigenvalue weighted by atomic mass is 10.1. The van der Waals surface area contributed by atoms with Crippen LogP contribution in [0.25, 0.3) is 16.8 Å². The maximum absolute atomic E-state index is 12.9. The van der Waals surface area contributed by atoms with Gasteiger partial charge in [-0.2, -0.15) is 18.3 Å². The molecule has 0 aliphatic heterocycles. The first-order valence-electron chi connectivity index (χ1n) is 9.98. The van der Waals surface area contributed by atoms with Crippen molar-refractivity contribution in [2.45, 2.75) is 12.7 Å². The number of nitrogens with zero attached hydrogens (tertiary/aromatic N) is 3. The second kappa shape index (κ2) is 8.93. The summed E-state index contributed by atoms with van der Waals surface area (Å²) in [5.74, 6) is 0.398. The van der Waals surface area contributed by atoms with Crippen LogP contribution >= 0.6 is 0 Å². The first kappa shape index (κ1) is 22.9. The minimum atomic E-state index is -4.53. The van der Waals surface area contributed by atoms with Gasteiger partial charge in [0.2, 0.25) is 5.91 Å². The second-order valence-electron chi connectivity index (χ2n) is 7.29. The van der Waals surface area contributed by atoms with Crippen molar-refractivity contribution in [2.75, 3.05) is 19.5 Å². The van der Waals surface area contributed by atoms with E-state index >= 15 is 0 Å². The molecule has 0 aliphatic carbocycles. The van der Waals surface area contributed by atoms with Crippen LogP contribution in [0.15, 0.2) is 65.7 Å². The van der Waals surface area contributed by atoms with E-state index in [1.807, 2.05) is 0 Å². The van der Waals surface area contributed by atoms with Gasteiger partial charge in [0.1, 0.15) is 12.1 Å². The first-order chi connectivity index (χ1) is 16.2.